The summed E-state index contributed by atoms with van der Waals surface area (Å²) in [7, 11) is 0. The zero-order valence-electron chi connectivity index (χ0n) is 13.1. The molecule has 0 aliphatic rings. The Bertz CT molecular complexity index is 382. The molecule has 21 heavy (non-hydrogen) atoms. The minimum Gasteiger partial charge on any atom is -0.396 e. The third-order valence-corrected chi connectivity index (χ3v) is 4.02. The van der Waals surface area contributed by atoms with Crippen molar-refractivity contribution in [3.05, 3.63) is 35.9 Å². The molecule has 5 atom stereocenters. The average molecular weight is 296 g/mol. The highest BCUT2D eigenvalue weighted by Gasteiger charge is 2.30. The second kappa shape index (κ2) is 9.15. The molecule has 0 bridgehead atoms. The van der Waals surface area contributed by atoms with Gasteiger partial charge in [-0.25, -0.2) is 0 Å². The zero-order valence-corrected chi connectivity index (χ0v) is 13.1. The molecule has 0 saturated carbocycles. The van der Waals surface area contributed by atoms with Crippen LogP contribution in [-0.2, 0) is 11.3 Å². The summed E-state index contributed by atoms with van der Waals surface area (Å²) < 4.78 is 5.63. The molecule has 1 rings (SSSR count). The predicted molar refractivity (Wildman–Crippen MR) is 82.7 cm³/mol. The summed E-state index contributed by atoms with van der Waals surface area (Å²) >= 11 is 0. The van der Waals surface area contributed by atoms with Crippen molar-refractivity contribution in [3.63, 3.8) is 0 Å². The summed E-state index contributed by atoms with van der Waals surface area (Å²) in [5.74, 6) is -0.626. The first-order valence-corrected chi connectivity index (χ1v) is 7.56. The zero-order chi connectivity index (χ0) is 15.8. The number of hydrogen-bond acceptors (Lipinski definition) is 4. The summed E-state index contributed by atoms with van der Waals surface area (Å²) in [5, 5.41) is 29.4. The van der Waals surface area contributed by atoms with Gasteiger partial charge in [-0.1, -0.05) is 51.1 Å². The van der Waals surface area contributed by atoms with Gasteiger partial charge in [-0.15, -0.1) is 0 Å². The van der Waals surface area contributed by atoms with Gasteiger partial charge in [-0.2, -0.15) is 0 Å². The number of hydrogen-bond donors (Lipinski definition) is 3. The molecular formula is C17H28O4. The second-order valence-corrected chi connectivity index (χ2v) is 5.98. The van der Waals surface area contributed by atoms with Crippen molar-refractivity contribution >= 4 is 0 Å². The van der Waals surface area contributed by atoms with E-state index in [1.807, 2.05) is 37.3 Å². The molecule has 0 heterocycles. The Balaban J connectivity index is 2.38. The number of benzene rings is 1. The Labute approximate surface area is 127 Å². The first-order valence-electron chi connectivity index (χ1n) is 7.56. The van der Waals surface area contributed by atoms with Crippen LogP contribution in [0.1, 0.15) is 26.3 Å². The minimum absolute atomic E-state index is 0.0794. The standard InChI is InChI=1S/C17H28O4/c1-12(9-18)16(19)14(3)17(20)13(2)10-21-11-15-7-5-4-6-8-15/h4-8,12-14,16-20H,9-11H2,1-3H3/t12-,13-,14-,16-,17-/m0/s1. The molecule has 3 N–H and O–H groups in total. The largest absolute Gasteiger partial charge is 0.396 e. The van der Waals surface area contributed by atoms with Crippen molar-refractivity contribution in [3.8, 4) is 0 Å². The monoisotopic (exact) mass is 296 g/mol. The Hall–Kier alpha value is -0.940. The van der Waals surface area contributed by atoms with E-state index in [1.165, 1.54) is 0 Å². The maximum Gasteiger partial charge on any atom is 0.0717 e. The van der Waals surface area contributed by atoms with Crippen LogP contribution in [0.25, 0.3) is 0 Å². The molecule has 0 unspecified atom stereocenters. The van der Waals surface area contributed by atoms with Gasteiger partial charge < -0.3 is 20.1 Å². The van der Waals surface area contributed by atoms with Gasteiger partial charge in [-0.3, -0.25) is 0 Å². The number of aliphatic hydroxyl groups excluding tert-OH is 3. The van der Waals surface area contributed by atoms with Gasteiger partial charge in [-0.05, 0) is 5.56 Å². The van der Waals surface area contributed by atoms with Crippen LogP contribution in [0.15, 0.2) is 30.3 Å². The van der Waals surface area contributed by atoms with Gasteiger partial charge in [0.05, 0.1) is 25.4 Å². The quantitative estimate of drug-likeness (QED) is 0.650. The minimum atomic E-state index is -0.721. The van der Waals surface area contributed by atoms with E-state index in [1.54, 1.807) is 13.8 Å². The molecule has 0 saturated heterocycles. The number of aliphatic hydroxyl groups is 3. The fourth-order valence-corrected chi connectivity index (χ4v) is 2.38. The summed E-state index contributed by atoms with van der Waals surface area (Å²) in [4.78, 5) is 0. The Morgan fingerprint density at radius 2 is 1.52 bits per heavy atom. The normalized spacial score (nSPS) is 18.8. The molecule has 0 spiro atoms. The van der Waals surface area contributed by atoms with Crippen molar-refractivity contribution in [1.29, 1.82) is 0 Å². The maximum absolute atomic E-state index is 10.3. The number of rotatable bonds is 9. The third-order valence-electron chi connectivity index (χ3n) is 4.02. The molecule has 0 aromatic heterocycles. The molecule has 0 aliphatic carbocycles. The van der Waals surface area contributed by atoms with Gasteiger partial charge in [0.15, 0.2) is 0 Å². The Morgan fingerprint density at radius 1 is 0.952 bits per heavy atom. The molecule has 0 amide bonds. The van der Waals surface area contributed by atoms with E-state index in [2.05, 4.69) is 0 Å². The first-order chi connectivity index (χ1) is 9.97. The fourth-order valence-electron chi connectivity index (χ4n) is 2.38. The van der Waals surface area contributed by atoms with Crippen LogP contribution in [0.4, 0.5) is 0 Å². The lowest BCUT2D eigenvalue weighted by Gasteiger charge is -2.31. The highest BCUT2D eigenvalue weighted by molar-refractivity contribution is 5.13. The molecule has 0 radical (unpaired) electrons. The summed E-state index contributed by atoms with van der Waals surface area (Å²) in [6, 6.07) is 9.88. The van der Waals surface area contributed by atoms with Crippen LogP contribution in [0.5, 0.6) is 0 Å². The summed E-state index contributed by atoms with van der Waals surface area (Å²) in [5.41, 5.74) is 1.10. The van der Waals surface area contributed by atoms with Crippen molar-refractivity contribution < 1.29 is 20.1 Å². The van der Waals surface area contributed by atoms with Crippen LogP contribution in [0.3, 0.4) is 0 Å². The van der Waals surface area contributed by atoms with Gasteiger partial charge in [0.1, 0.15) is 0 Å². The molecule has 4 nitrogen and oxygen atoms in total. The van der Waals surface area contributed by atoms with E-state index >= 15 is 0 Å². The molecular weight excluding hydrogens is 268 g/mol. The Kier molecular flexibility index (Phi) is 7.89. The third kappa shape index (κ3) is 5.75. The molecule has 1 aromatic rings. The second-order valence-electron chi connectivity index (χ2n) is 5.98. The van der Waals surface area contributed by atoms with Crippen molar-refractivity contribution in [2.75, 3.05) is 13.2 Å². The van der Waals surface area contributed by atoms with Gasteiger partial charge in [0.25, 0.3) is 0 Å². The predicted octanol–water partition coefficient (Wildman–Crippen LogP) is 1.83. The van der Waals surface area contributed by atoms with Gasteiger partial charge >= 0.3 is 0 Å². The Morgan fingerprint density at radius 3 is 2.10 bits per heavy atom. The van der Waals surface area contributed by atoms with Gasteiger partial charge in [0.2, 0.25) is 0 Å². The average Bonchev–Trinajstić information content (AvgIpc) is 2.52. The summed E-state index contributed by atoms with van der Waals surface area (Å²) in [6.07, 6.45) is -1.38. The van der Waals surface area contributed by atoms with Crippen LogP contribution < -0.4 is 0 Å². The molecule has 120 valence electrons. The SMILES string of the molecule is C[C@@H]([C@@H](O)[C@@H](C)CO)[C@@H](O)[C@@H](C)COCc1ccccc1. The molecule has 4 heteroatoms. The molecule has 1 aromatic carbocycles. The number of ether oxygens (including phenoxy) is 1. The highest BCUT2D eigenvalue weighted by atomic mass is 16.5. The van der Waals surface area contributed by atoms with E-state index in [4.69, 9.17) is 9.84 Å². The van der Waals surface area contributed by atoms with E-state index in [-0.39, 0.29) is 24.4 Å². The maximum atomic E-state index is 10.3. The molecule has 0 aliphatic heterocycles. The van der Waals surface area contributed by atoms with Crippen molar-refractivity contribution in [2.45, 2.75) is 39.6 Å². The first kappa shape index (κ1) is 18.1. The van der Waals surface area contributed by atoms with Crippen molar-refractivity contribution in [1.82, 2.24) is 0 Å². The smallest absolute Gasteiger partial charge is 0.0717 e. The summed E-state index contributed by atoms with van der Waals surface area (Å²) in [6.45, 7) is 6.34. The lowest BCUT2D eigenvalue weighted by atomic mass is 9.85. The van der Waals surface area contributed by atoms with E-state index in [9.17, 15) is 10.2 Å². The van der Waals surface area contributed by atoms with Crippen molar-refractivity contribution in [2.24, 2.45) is 17.8 Å². The highest BCUT2D eigenvalue weighted by Crippen LogP contribution is 2.21. The van der Waals surface area contributed by atoms with E-state index in [0.717, 1.165) is 5.56 Å². The van der Waals surface area contributed by atoms with Crippen LogP contribution >= 0.6 is 0 Å². The van der Waals surface area contributed by atoms with Crippen LogP contribution in [0.2, 0.25) is 0 Å². The molecule has 0 fully saturated rings. The van der Waals surface area contributed by atoms with Crippen LogP contribution in [-0.4, -0.2) is 40.7 Å². The lowest BCUT2D eigenvalue weighted by molar-refractivity contribution is -0.0556. The lowest BCUT2D eigenvalue weighted by Crippen LogP contribution is -2.39. The van der Waals surface area contributed by atoms with E-state index < -0.39 is 12.2 Å². The fraction of sp³-hybridized carbons (Fsp3) is 0.647. The van der Waals surface area contributed by atoms with Crippen LogP contribution in [0, 0.1) is 17.8 Å². The van der Waals surface area contributed by atoms with Gasteiger partial charge in [0, 0.05) is 24.4 Å². The topological polar surface area (TPSA) is 69.9 Å². The van der Waals surface area contributed by atoms with E-state index in [0.29, 0.717) is 13.2 Å².